The van der Waals surface area contributed by atoms with E-state index in [9.17, 15) is 4.79 Å². The van der Waals surface area contributed by atoms with E-state index in [1.807, 2.05) is 26.0 Å². The third-order valence-electron chi connectivity index (χ3n) is 3.24. The largest absolute Gasteiger partial charge is 0.379 e. The van der Waals surface area contributed by atoms with Gasteiger partial charge in [-0.25, -0.2) is 4.98 Å². The molecule has 0 saturated carbocycles. The third-order valence-corrected chi connectivity index (χ3v) is 3.24. The van der Waals surface area contributed by atoms with E-state index in [0.717, 1.165) is 38.7 Å². The molecule has 0 spiro atoms. The molecule has 0 atom stereocenters. The second kappa shape index (κ2) is 7.95. The van der Waals surface area contributed by atoms with Crippen LogP contribution in [0.4, 0.5) is 5.82 Å². The molecule has 1 aliphatic heterocycles. The molecule has 0 aromatic carbocycles. The average Bonchev–Trinajstić information content (AvgIpc) is 2.48. The quantitative estimate of drug-likeness (QED) is 0.817. The Morgan fingerprint density at radius 3 is 2.86 bits per heavy atom. The maximum atomic E-state index is 12.1. The summed E-state index contributed by atoms with van der Waals surface area (Å²) in [7, 11) is 0. The summed E-state index contributed by atoms with van der Waals surface area (Å²) >= 11 is 0. The SMILES string of the molecule is CC(C)Nc1cccc(C(=O)NCCN2CCOCC2)n1. The van der Waals surface area contributed by atoms with Crippen molar-refractivity contribution in [1.82, 2.24) is 15.2 Å². The van der Waals surface area contributed by atoms with E-state index >= 15 is 0 Å². The molecule has 0 bridgehead atoms. The number of rotatable bonds is 6. The molecule has 1 aliphatic rings. The molecule has 1 fully saturated rings. The number of ether oxygens (including phenoxy) is 1. The first kappa shape index (κ1) is 15.7. The lowest BCUT2D eigenvalue weighted by Crippen LogP contribution is -2.41. The predicted octanol–water partition coefficient (Wildman–Crippen LogP) is 0.964. The van der Waals surface area contributed by atoms with E-state index < -0.39 is 0 Å². The highest BCUT2D eigenvalue weighted by atomic mass is 16.5. The molecule has 0 aliphatic carbocycles. The van der Waals surface area contributed by atoms with Crippen molar-refractivity contribution < 1.29 is 9.53 Å². The van der Waals surface area contributed by atoms with Gasteiger partial charge in [-0.2, -0.15) is 0 Å². The van der Waals surface area contributed by atoms with E-state index in [-0.39, 0.29) is 11.9 Å². The number of amides is 1. The topological polar surface area (TPSA) is 66.5 Å². The molecule has 2 rings (SSSR count). The second-order valence-corrected chi connectivity index (χ2v) is 5.42. The van der Waals surface area contributed by atoms with Crippen molar-refractivity contribution in [2.75, 3.05) is 44.7 Å². The highest BCUT2D eigenvalue weighted by Gasteiger charge is 2.11. The molecule has 1 saturated heterocycles. The standard InChI is InChI=1S/C15H24N4O2/c1-12(2)17-14-5-3-4-13(18-14)15(20)16-6-7-19-8-10-21-11-9-19/h3-5,12H,6-11H2,1-2H3,(H,16,20)(H,17,18). The van der Waals surface area contributed by atoms with Gasteiger partial charge in [-0.15, -0.1) is 0 Å². The highest BCUT2D eigenvalue weighted by molar-refractivity contribution is 5.92. The fourth-order valence-corrected chi connectivity index (χ4v) is 2.18. The van der Waals surface area contributed by atoms with Crippen molar-refractivity contribution in [1.29, 1.82) is 0 Å². The molecule has 116 valence electrons. The van der Waals surface area contributed by atoms with Crippen LogP contribution < -0.4 is 10.6 Å². The van der Waals surface area contributed by atoms with Gasteiger partial charge in [0, 0.05) is 32.2 Å². The minimum absolute atomic E-state index is 0.129. The molecule has 6 heteroatoms. The van der Waals surface area contributed by atoms with Crippen LogP contribution in [0, 0.1) is 0 Å². The number of hydrogen-bond donors (Lipinski definition) is 2. The fourth-order valence-electron chi connectivity index (χ4n) is 2.18. The van der Waals surface area contributed by atoms with E-state index in [1.54, 1.807) is 6.07 Å². The first-order valence-electron chi connectivity index (χ1n) is 7.47. The molecule has 21 heavy (non-hydrogen) atoms. The summed E-state index contributed by atoms with van der Waals surface area (Å²) in [4.78, 5) is 18.7. The number of hydrogen-bond acceptors (Lipinski definition) is 5. The average molecular weight is 292 g/mol. The highest BCUT2D eigenvalue weighted by Crippen LogP contribution is 2.06. The molecule has 0 radical (unpaired) electrons. The van der Waals surface area contributed by atoms with Gasteiger partial charge in [0.2, 0.25) is 0 Å². The van der Waals surface area contributed by atoms with E-state index in [1.165, 1.54) is 0 Å². The van der Waals surface area contributed by atoms with Gasteiger partial charge >= 0.3 is 0 Å². The molecule has 6 nitrogen and oxygen atoms in total. The Hall–Kier alpha value is -1.66. The first-order chi connectivity index (χ1) is 10.1. The van der Waals surface area contributed by atoms with Crippen LogP contribution in [0.25, 0.3) is 0 Å². The summed E-state index contributed by atoms with van der Waals surface area (Å²) in [6.45, 7) is 8.97. The Morgan fingerprint density at radius 1 is 1.38 bits per heavy atom. The number of carbonyl (C=O) groups is 1. The van der Waals surface area contributed by atoms with Crippen LogP contribution in [-0.4, -0.2) is 61.2 Å². The summed E-state index contributed by atoms with van der Waals surface area (Å²) in [6, 6.07) is 5.73. The van der Waals surface area contributed by atoms with Crippen molar-refractivity contribution in [3.05, 3.63) is 23.9 Å². The zero-order chi connectivity index (χ0) is 15.1. The summed E-state index contributed by atoms with van der Waals surface area (Å²) < 4.78 is 5.30. The molecule has 2 N–H and O–H groups in total. The lowest BCUT2D eigenvalue weighted by molar-refractivity contribution is 0.0383. The maximum Gasteiger partial charge on any atom is 0.270 e. The number of nitrogens with zero attached hydrogens (tertiary/aromatic N) is 2. The lowest BCUT2D eigenvalue weighted by atomic mass is 10.3. The normalized spacial score (nSPS) is 16.0. The van der Waals surface area contributed by atoms with Crippen LogP contribution in [0.3, 0.4) is 0 Å². The number of morpholine rings is 1. The van der Waals surface area contributed by atoms with Gasteiger partial charge in [-0.1, -0.05) is 6.07 Å². The molecular formula is C15H24N4O2. The minimum atomic E-state index is -0.129. The van der Waals surface area contributed by atoms with Gasteiger partial charge in [0.1, 0.15) is 11.5 Å². The number of aromatic nitrogens is 1. The van der Waals surface area contributed by atoms with Crippen molar-refractivity contribution in [2.45, 2.75) is 19.9 Å². The molecule has 1 amide bonds. The molecule has 2 heterocycles. The van der Waals surface area contributed by atoms with Crippen LogP contribution in [-0.2, 0) is 4.74 Å². The molecule has 1 aromatic heterocycles. The third kappa shape index (κ3) is 5.32. The van der Waals surface area contributed by atoms with Crippen LogP contribution in [0.1, 0.15) is 24.3 Å². The Labute approximate surface area is 125 Å². The van der Waals surface area contributed by atoms with E-state index in [4.69, 9.17) is 4.74 Å². The number of pyridine rings is 1. The smallest absolute Gasteiger partial charge is 0.270 e. The fraction of sp³-hybridized carbons (Fsp3) is 0.600. The van der Waals surface area contributed by atoms with Crippen LogP contribution in [0.5, 0.6) is 0 Å². The summed E-state index contributed by atoms with van der Waals surface area (Å²) in [5.74, 6) is 0.599. The zero-order valence-corrected chi connectivity index (χ0v) is 12.8. The Bertz CT molecular complexity index is 459. The van der Waals surface area contributed by atoms with Crippen molar-refractivity contribution in [3.8, 4) is 0 Å². The lowest BCUT2D eigenvalue weighted by Gasteiger charge is -2.26. The van der Waals surface area contributed by atoms with Crippen LogP contribution in [0.2, 0.25) is 0 Å². The van der Waals surface area contributed by atoms with Crippen LogP contribution >= 0.6 is 0 Å². The predicted molar refractivity (Wildman–Crippen MR) is 82.6 cm³/mol. The van der Waals surface area contributed by atoms with Gasteiger partial charge in [0.05, 0.1) is 13.2 Å². The van der Waals surface area contributed by atoms with E-state index in [2.05, 4.69) is 20.5 Å². The first-order valence-corrected chi connectivity index (χ1v) is 7.47. The van der Waals surface area contributed by atoms with Crippen molar-refractivity contribution in [2.24, 2.45) is 0 Å². The van der Waals surface area contributed by atoms with E-state index in [0.29, 0.717) is 12.2 Å². The number of nitrogens with one attached hydrogen (secondary N) is 2. The minimum Gasteiger partial charge on any atom is -0.379 e. The Balaban J connectivity index is 1.79. The molecular weight excluding hydrogens is 268 g/mol. The summed E-state index contributed by atoms with van der Waals surface area (Å²) in [6.07, 6.45) is 0. The second-order valence-electron chi connectivity index (χ2n) is 5.42. The molecule has 0 unspecified atom stereocenters. The summed E-state index contributed by atoms with van der Waals surface area (Å²) in [5, 5.41) is 6.11. The monoisotopic (exact) mass is 292 g/mol. The summed E-state index contributed by atoms with van der Waals surface area (Å²) in [5.41, 5.74) is 0.447. The van der Waals surface area contributed by atoms with Gasteiger partial charge in [-0.05, 0) is 26.0 Å². The number of anilines is 1. The number of carbonyl (C=O) groups excluding carboxylic acids is 1. The van der Waals surface area contributed by atoms with Crippen molar-refractivity contribution >= 4 is 11.7 Å². The maximum absolute atomic E-state index is 12.1. The zero-order valence-electron chi connectivity index (χ0n) is 12.8. The Kier molecular flexibility index (Phi) is 5.95. The van der Waals surface area contributed by atoms with Gasteiger partial charge < -0.3 is 15.4 Å². The molecule has 1 aromatic rings. The van der Waals surface area contributed by atoms with Crippen LogP contribution in [0.15, 0.2) is 18.2 Å². The van der Waals surface area contributed by atoms with Crippen molar-refractivity contribution in [3.63, 3.8) is 0 Å². The van der Waals surface area contributed by atoms with Gasteiger partial charge in [-0.3, -0.25) is 9.69 Å². The van der Waals surface area contributed by atoms with Gasteiger partial charge in [0.15, 0.2) is 0 Å². The van der Waals surface area contributed by atoms with Gasteiger partial charge in [0.25, 0.3) is 5.91 Å². The Morgan fingerprint density at radius 2 is 2.14 bits per heavy atom.